The van der Waals surface area contributed by atoms with E-state index in [9.17, 15) is 0 Å². The van der Waals surface area contributed by atoms with Crippen LogP contribution in [0.25, 0.3) is 0 Å². The first-order valence-electron chi connectivity index (χ1n) is 4.44. The third kappa shape index (κ3) is 2.84. The van der Waals surface area contributed by atoms with E-state index in [2.05, 4.69) is 62.0 Å². The molecule has 0 saturated heterocycles. The molecule has 3 heteroatoms. The summed E-state index contributed by atoms with van der Waals surface area (Å²) in [6.45, 7) is 1.13. The van der Waals surface area contributed by atoms with Gasteiger partial charge in [0, 0.05) is 20.3 Å². The zero-order chi connectivity index (χ0) is 9.26. The molecule has 0 unspecified atom stereocenters. The molecule has 0 atom stereocenters. The lowest BCUT2D eigenvalue weighted by molar-refractivity contribution is 0.888. The van der Waals surface area contributed by atoms with Gasteiger partial charge >= 0.3 is 0 Å². The number of nitrogens with one attached hydrogen (secondary N) is 1. The standard InChI is InChI=1S/C10H11BrIN/c11-8-3-4-9(12)10(5-8)13-6-7-1-2-7/h3-5,7,13H,1-2,6H2. The van der Waals surface area contributed by atoms with E-state index in [0.717, 1.165) is 16.9 Å². The maximum absolute atomic E-state index is 3.48. The average molecular weight is 352 g/mol. The summed E-state index contributed by atoms with van der Waals surface area (Å²) >= 11 is 5.84. The minimum atomic E-state index is 0.926. The zero-order valence-corrected chi connectivity index (χ0v) is 10.9. The molecule has 1 aromatic carbocycles. The first-order valence-corrected chi connectivity index (χ1v) is 6.32. The molecule has 0 bridgehead atoms. The third-order valence-electron chi connectivity index (χ3n) is 2.21. The van der Waals surface area contributed by atoms with Crippen LogP contribution in [0.1, 0.15) is 12.8 Å². The summed E-state index contributed by atoms with van der Waals surface area (Å²) in [4.78, 5) is 0. The molecule has 1 saturated carbocycles. The molecule has 1 aromatic rings. The maximum atomic E-state index is 3.48. The Hall–Kier alpha value is 0.230. The monoisotopic (exact) mass is 351 g/mol. The summed E-state index contributed by atoms with van der Waals surface area (Å²) in [6.07, 6.45) is 2.80. The van der Waals surface area contributed by atoms with Crippen LogP contribution in [0.4, 0.5) is 5.69 Å². The second-order valence-electron chi connectivity index (χ2n) is 3.45. The van der Waals surface area contributed by atoms with Crippen molar-refractivity contribution in [2.24, 2.45) is 5.92 Å². The topological polar surface area (TPSA) is 12.0 Å². The molecule has 0 heterocycles. The van der Waals surface area contributed by atoms with Crippen molar-refractivity contribution in [3.05, 3.63) is 26.2 Å². The lowest BCUT2D eigenvalue weighted by Crippen LogP contribution is -2.04. The number of benzene rings is 1. The van der Waals surface area contributed by atoms with Crippen LogP contribution in [-0.2, 0) is 0 Å². The van der Waals surface area contributed by atoms with Gasteiger partial charge in [0.25, 0.3) is 0 Å². The van der Waals surface area contributed by atoms with E-state index >= 15 is 0 Å². The van der Waals surface area contributed by atoms with Crippen molar-refractivity contribution in [2.45, 2.75) is 12.8 Å². The van der Waals surface area contributed by atoms with Crippen LogP contribution >= 0.6 is 38.5 Å². The molecule has 1 N–H and O–H groups in total. The fourth-order valence-corrected chi connectivity index (χ4v) is 2.10. The minimum Gasteiger partial charge on any atom is -0.384 e. The molecule has 0 amide bonds. The second kappa shape index (κ2) is 4.17. The van der Waals surface area contributed by atoms with E-state index in [1.807, 2.05) is 0 Å². The van der Waals surface area contributed by atoms with Gasteiger partial charge < -0.3 is 5.32 Å². The number of hydrogen-bond donors (Lipinski definition) is 1. The molecule has 1 nitrogen and oxygen atoms in total. The molecular formula is C10H11BrIN. The van der Waals surface area contributed by atoms with Crippen LogP contribution in [0.3, 0.4) is 0 Å². The molecular weight excluding hydrogens is 341 g/mol. The Bertz CT molecular complexity index is 310. The quantitative estimate of drug-likeness (QED) is 0.815. The van der Waals surface area contributed by atoms with E-state index in [1.54, 1.807) is 0 Å². The molecule has 0 aromatic heterocycles. The van der Waals surface area contributed by atoms with E-state index in [0.29, 0.717) is 0 Å². The molecule has 1 aliphatic carbocycles. The highest BCUT2D eigenvalue weighted by atomic mass is 127. The molecule has 0 aliphatic heterocycles. The van der Waals surface area contributed by atoms with Gasteiger partial charge in [-0.3, -0.25) is 0 Å². The number of rotatable bonds is 3. The Kier molecular flexibility index (Phi) is 3.14. The Morgan fingerprint density at radius 3 is 2.92 bits per heavy atom. The normalized spacial score (nSPS) is 15.8. The van der Waals surface area contributed by atoms with Crippen LogP contribution in [0.15, 0.2) is 22.7 Å². The van der Waals surface area contributed by atoms with Gasteiger partial charge in [0.2, 0.25) is 0 Å². The SMILES string of the molecule is Brc1ccc(I)c(NCC2CC2)c1. The highest BCUT2D eigenvalue weighted by Crippen LogP contribution is 2.30. The zero-order valence-electron chi connectivity index (χ0n) is 7.19. The highest BCUT2D eigenvalue weighted by molar-refractivity contribution is 14.1. The van der Waals surface area contributed by atoms with Crippen LogP contribution < -0.4 is 5.32 Å². The van der Waals surface area contributed by atoms with Crippen molar-refractivity contribution >= 4 is 44.2 Å². The van der Waals surface area contributed by atoms with Gasteiger partial charge in [-0.05, 0) is 59.5 Å². The summed E-state index contributed by atoms with van der Waals surface area (Å²) in [5.41, 5.74) is 1.25. The summed E-state index contributed by atoms with van der Waals surface area (Å²) in [7, 11) is 0. The van der Waals surface area contributed by atoms with Crippen LogP contribution in [0.5, 0.6) is 0 Å². The fourth-order valence-electron chi connectivity index (χ4n) is 1.21. The van der Waals surface area contributed by atoms with E-state index in [4.69, 9.17) is 0 Å². The molecule has 1 fully saturated rings. The first kappa shape index (κ1) is 9.77. The van der Waals surface area contributed by atoms with Crippen molar-refractivity contribution < 1.29 is 0 Å². The van der Waals surface area contributed by atoms with Crippen LogP contribution in [0, 0.1) is 9.49 Å². The molecule has 0 spiro atoms. The van der Waals surface area contributed by atoms with Gasteiger partial charge in [0.15, 0.2) is 0 Å². The molecule has 0 radical (unpaired) electrons. The van der Waals surface area contributed by atoms with Gasteiger partial charge in [-0.25, -0.2) is 0 Å². The summed E-state index contributed by atoms with van der Waals surface area (Å²) in [5, 5.41) is 3.48. The maximum Gasteiger partial charge on any atom is 0.0487 e. The third-order valence-corrected chi connectivity index (χ3v) is 3.64. The molecule has 2 rings (SSSR count). The molecule has 70 valence electrons. The lowest BCUT2D eigenvalue weighted by Gasteiger charge is -2.07. The predicted octanol–water partition coefficient (Wildman–Crippen LogP) is 3.88. The van der Waals surface area contributed by atoms with Gasteiger partial charge in [0.1, 0.15) is 0 Å². The van der Waals surface area contributed by atoms with Crippen molar-refractivity contribution in [3.63, 3.8) is 0 Å². The van der Waals surface area contributed by atoms with Gasteiger partial charge in [-0.15, -0.1) is 0 Å². The summed E-state index contributed by atoms with van der Waals surface area (Å²) in [5.74, 6) is 0.926. The predicted molar refractivity (Wildman–Crippen MR) is 68.1 cm³/mol. The number of hydrogen-bond acceptors (Lipinski definition) is 1. The largest absolute Gasteiger partial charge is 0.384 e. The van der Waals surface area contributed by atoms with E-state index < -0.39 is 0 Å². The average Bonchev–Trinajstić information content (AvgIpc) is 2.90. The number of anilines is 1. The Labute approximate surface area is 101 Å². The van der Waals surface area contributed by atoms with Crippen molar-refractivity contribution in [3.8, 4) is 0 Å². The van der Waals surface area contributed by atoms with Crippen LogP contribution in [-0.4, -0.2) is 6.54 Å². The van der Waals surface area contributed by atoms with Gasteiger partial charge in [0.05, 0.1) is 0 Å². The van der Waals surface area contributed by atoms with E-state index in [1.165, 1.54) is 22.1 Å². The summed E-state index contributed by atoms with van der Waals surface area (Å²) < 4.78 is 2.44. The minimum absolute atomic E-state index is 0.926. The molecule has 13 heavy (non-hydrogen) atoms. The first-order chi connectivity index (χ1) is 6.25. The van der Waals surface area contributed by atoms with Crippen molar-refractivity contribution in [1.29, 1.82) is 0 Å². The Morgan fingerprint density at radius 2 is 2.23 bits per heavy atom. The van der Waals surface area contributed by atoms with Crippen molar-refractivity contribution in [1.82, 2.24) is 0 Å². The number of halogens is 2. The highest BCUT2D eigenvalue weighted by Gasteiger charge is 2.20. The Morgan fingerprint density at radius 1 is 1.46 bits per heavy atom. The Balaban J connectivity index is 2.03. The summed E-state index contributed by atoms with van der Waals surface area (Å²) in [6, 6.07) is 6.34. The van der Waals surface area contributed by atoms with Crippen molar-refractivity contribution in [2.75, 3.05) is 11.9 Å². The van der Waals surface area contributed by atoms with Crippen LogP contribution in [0.2, 0.25) is 0 Å². The fraction of sp³-hybridized carbons (Fsp3) is 0.400. The van der Waals surface area contributed by atoms with Gasteiger partial charge in [-0.2, -0.15) is 0 Å². The molecule has 1 aliphatic rings. The van der Waals surface area contributed by atoms with Gasteiger partial charge in [-0.1, -0.05) is 15.9 Å². The van der Waals surface area contributed by atoms with E-state index in [-0.39, 0.29) is 0 Å². The second-order valence-corrected chi connectivity index (χ2v) is 5.53. The lowest BCUT2D eigenvalue weighted by atomic mass is 10.3. The smallest absolute Gasteiger partial charge is 0.0487 e.